The summed E-state index contributed by atoms with van der Waals surface area (Å²) >= 11 is 8.47. The van der Waals surface area contributed by atoms with Gasteiger partial charge in [-0.15, -0.1) is 0 Å². The number of methoxy groups -OCH3 is 1. The van der Waals surface area contributed by atoms with Gasteiger partial charge < -0.3 is 4.74 Å². The van der Waals surface area contributed by atoms with E-state index in [1.807, 2.05) is 18.2 Å². The minimum Gasteiger partial charge on any atom is -0.497 e. The smallest absolute Gasteiger partial charge is 0.146 e. The van der Waals surface area contributed by atoms with E-state index in [1.165, 1.54) is 12.8 Å². The molecule has 1 aromatic carbocycles. The Morgan fingerprint density at radius 1 is 1.35 bits per heavy atom. The lowest BCUT2D eigenvalue weighted by molar-refractivity contribution is 0.414. The zero-order valence-electron chi connectivity index (χ0n) is 11.1. The molecular formula is C15H14ClIN2O. The molecule has 20 heavy (non-hydrogen) atoms. The molecule has 1 aliphatic rings. The normalized spacial score (nSPS) is 14.3. The third-order valence-electron chi connectivity index (χ3n) is 3.34. The van der Waals surface area contributed by atoms with Crippen LogP contribution in [0.1, 0.15) is 35.8 Å². The first-order valence-electron chi connectivity index (χ1n) is 6.52. The highest BCUT2D eigenvalue weighted by Gasteiger charge is 2.29. The van der Waals surface area contributed by atoms with Gasteiger partial charge in [0.25, 0.3) is 0 Å². The van der Waals surface area contributed by atoms with Crippen LogP contribution in [0.25, 0.3) is 0 Å². The van der Waals surface area contributed by atoms with E-state index in [9.17, 15) is 0 Å². The number of hydrogen-bond donors (Lipinski definition) is 0. The molecule has 104 valence electrons. The van der Waals surface area contributed by atoms with Gasteiger partial charge in [0.2, 0.25) is 0 Å². The fraction of sp³-hybridized carbons (Fsp3) is 0.333. The van der Waals surface area contributed by atoms with Gasteiger partial charge in [0.15, 0.2) is 0 Å². The molecule has 0 atom stereocenters. The number of hydrogen-bond acceptors (Lipinski definition) is 3. The fourth-order valence-corrected chi connectivity index (χ4v) is 3.03. The van der Waals surface area contributed by atoms with Gasteiger partial charge in [-0.05, 0) is 53.1 Å². The van der Waals surface area contributed by atoms with E-state index < -0.39 is 0 Å². The van der Waals surface area contributed by atoms with Crippen LogP contribution in [0.4, 0.5) is 0 Å². The highest BCUT2D eigenvalue weighted by Crippen LogP contribution is 2.42. The second kappa shape index (κ2) is 5.85. The molecule has 0 radical (unpaired) electrons. The molecule has 1 aromatic heterocycles. The molecule has 0 N–H and O–H groups in total. The van der Waals surface area contributed by atoms with E-state index in [2.05, 4.69) is 33.6 Å². The van der Waals surface area contributed by atoms with Crippen LogP contribution >= 0.6 is 34.2 Å². The van der Waals surface area contributed by atoms with Crippen LogP contribution in [0.2, 0.25) is 5.15 Å². The second-order valence-corrected chi connectivity index (χ2v) is 6.37. The molecule has 0 saturated heterocycles. The zero-order chi connectivity index (χ0) is 14.1. The van der Waals surface area contributed by atoms with Crippen molar-refractivity contribution >= 4 is 34.2 Å². The van der Waals surface area contributed by atoms with Crippen LogP contribution in [0.3, 0.4) is 0 Å². The predicted molar refractivity (Wildman–Crippen MR) is 87.5 cm³/mol. The van der Waals surface area contributed by atoms with Crippen molar-refractivity contribution in [2.45, 2.75) is 25.2 Å². The molecule has 1 saturated carbocycles. The number of nitrogens with zero attached hydrogens (tertiary/aromatic N) is 2. The lowest BCUT2D eigenvalue weighted by Crippen LogP contribution is -2.03. The van der Waals surface area contributed by atoms with Crippen molar-refractivity contribution in [3.8, 4) is 5.75 Å². The van der Waals surface area contributed by atoms with Gasteiger partial charge in [0, 0.05) is 12.3 Å². The Balaban J connectivity index is 1.90. The Morgan fingerprint density at radius 2 is 2.15 bits per heavy atom. The predicted octanol–water partition coefficient (Wildman–Crippen LogP) is 4.21. The lowest BCUT2D eigenvalue weighted by Gasteiger charge is -2.08. The number of benzene rings is 1. The van der Waals surface area contributed by atoms with Crippen molar-refractivity contribution in [2.24, 2.45) is 0 Å². The van der Waals surface area contributed by atoms with Gasteiger partial charge in [0.05, 0.1) is 16.4 Å². The van der Waals surface area contributed by atoms with Crippen LogP contribution in [-0.4, -0.2) is 17.1 Å². The molecule has 3 nitrogen and oxygen atoms in total. The van der Waals surface area contributed by atoms with Gasteiger partial charge in [-0.1, -0.05) is 23.7 Å². The first kappa shape index (κ1) is 14.1. The van der Waals surface area contributed by atoms with Crippen LogP contribution in [0.5, 0.6) is 5.75 Å². The van der Waals surface area contributed by atoms with E-state index in [1.54, 1.807) is 7.11 Å². The largest absolute Gasteiger partial charge is 0.497 e. The number of aromatic nitrogens is 2. The van der Waals surface area contributed by atoms with Crippen LogP contribution in [0, 0.1) is 3.57 Å². The van der Waals surface area contributed by atoms with Crippen LogP contribution in [0.15, 0.2) is 24.3 Å². The SMILES string of the molecule is COc1cccc(Cc2nc(Cl)c(I)c(C3CC3)n2)c1. The van der Waals surface area contributed by atoms with Crippen molar-refractivity contribution in [1.82, 2.24) is 9.97 Å². The summed E-state index contributed by atoms with van der Waals surface area (Å²) in [7, 11) is 1.67. The van der Waals surface area contributed by atoms with Gasteiger partial charge >= 0.3 is 0 Å². The topological polar surface area (TPSA) is 35.0 Å². The van der Waals surface area contributed by atoms with Gasteiger partial charge in [-0.25, -0.2) is 9.97 Å². The zero-order valence-corrected chi connectivity index (χ0v) is 14.0. The summed E-state index contributed by atoms with van der Waals surface area (Å²) in [4.78, 5) is 9.10. The van der Waals surface area contributed by atoms with Crippen LogP contribution < -0.4 is 4.74 Å². The van der Waals surface area contributed by atoms with Crippen molar-refractivity contribution in [3.63, 3.8) is 0 Å². The summed E-state index contributed by atoms with van der Waals surface area (Å²) in [6, 6.07) is 7.96. The van der Waals surface area contributed by atoms with Crippen molar-refractivity contribution in [2.75, 3.05) is 7.11 Å². The molecule has 0 amide bonds. The van der Waals surface area contributed by atoms with Gasteiger partial charge in [0.1, 0.15) is 16.7 Å². The van der Waals surface area contributed by atoms with Gasteiger partial charge in [-0.3, -0.25) is 0 Å². The maximum atomic E-state index is 6.23. The van der Waals surface area contributed by atoms with Crippen LogP contribution in [-0.2, 0) is 6.42 Å². The average molecular weight is 401 g/mol. The third-order valence-corrected chi connectivity index (χ3v) is 5.00. The van der Waals surface area contributed by atoms with Gasteiger partial charge in [-0.2, -0.15) is 0 Å². The number of halogens is 2. The summed E-state index contributed by atoms with van der Waals surface area (Å²) < 4.78 is 6.24. The van der Waals surface area contributed by atoms with E-state index in [-0.39, 0.29) is 0 Å². The van der Waals surface area contributed by atoms with E-state index in [0.29, 0.717) is 17.5 Å². The quantitative estimate of drug-likeness (QED) is 0.569. The summed E-state index contributed by atoms with van der Waals surface area (Å²) in [6.45, 7) is 0. The maximum absolute atomic E-state index is 6.23. The monoisotopic (exact) mass is 400 g/mol. The molecule has 1 aliphatic carbocycles. The number of rotatable bonds is 4. The van der Waals surface area contributed by atoms with Crippen molar-refractivity contribution < 1.29 is 4.74 Å². The first-order chi connectivity index (χ1) is 9.67. The lowest BCUT2D eigenvalue weighted by atomic mass is 10.1. The van der Waals surface area contributed by atoms with E-state index in [4.69, 9.17) is 21.3 Å². The fourth-order valence-electron chi connectivity index (χ4n) is 2.15. The second-order valence-electron chi connectivity index (χ2n) is 4.93. The highest BCUT2D eigenvalue weighted by molar-refractivity contribution is 14.1. The summed E-state index contributed by atoms with van der Waals surface area (Å²) in [5.41, 5.74) is 2.24. The molecule has 5 heteroatoms. The Morgan fingerprint density at radius 3 is 2.85 bits per heavy atom. The average Bonchev–Trinajstić information content (AvgIpc) is 3.27. The molecule has 3 rings (SSSR count). The molecule has 0 unspecified atom stereocenters. The third kappa shape index (κ3) is 3.06. The highest BCUT2D eigenvalue weighted by atomic mass is 127. The molecule has 2 aromatic rings. The molecular weight excluding hydrogens is 387 g/mol. The standard InChI is InChI=1S/C15H14ClIN2O/c1-20-11-4-2-3-9(7-11)8-12-18-14(10-5-6-10)13(17)15(16)19-12/h2-4,7,10H,5-6,8H2,1H3. The van der Waals surface area contributed by atoms with Crippen molar-refractivity contribution in [1.29, 1.82) is 0 Å². The Labute approximate surface area is 136 Å². The van der Waals surface area contributed by atoms with Crippen molar-refractivity contribution in [3.05, 3.63) is 50.1 Å². The Hall–Kier alpha value is -0.880. The summed E-state index contributed by atoms with van der Waals surface area (Å²) in [6.07, 6.45) is 3.09. The Bertz CT molecular complexity index is 644. The molecule has 0 bridgehead atoms. The molecule has 1 heterocycles. The van der Waals surface area contributed by atoms with E-state index in [0.717, 1.165) is 26.4 Å². The minimum absolute atomic E-state index is 0.570. The maximum Gasteiger partial charge on any atom is 0.146 e. The first-order valence-corrected chi connectivity index (χ1v) is 7.98. The summed E-state index contributed by atoms with van der Waals surface area (Å²) in [5.74, 6) is 2.21. The summed E-state index contributed by atoms with van der Waals surface area (Å²) in [5, 5.41) is 0.570. The molecule has 0 aliphatic heterocycles. The van der Waals surface area contributed by atoms with E-state index >= 15 is 0 Å². The number of ether oxygens (including phenoxy) is 1. The molecule has 0 spiro atoms. The Kier molecular flexibility index (Phi) is 4.12. The minimum atomic E-state index is 0.570. The molecule has 1 fully saturated rings.